The van der Waals surface area contributed by atoms with Gasteiger partial charge in [0.1, 0.15) is 5.75 Å². The van der Waals surface area contributed by atoms with Crippen molar-refractivity contribution in [1.29, 1.82) is 0 Å². The zero-order valence-electron chi connectivity index (χ0n) is 13.0. The lowest BCUT2D eigenvalue weighted by Crippen LogP contribution is -2.33. The Balaban J connectivity index is 1.96. The molecule has 0 bridgehead atoms. The molecule has 2 unspecified atom stereocenters. The van der Waals surface area contributed by atoms with Crippen LogP contribution >= 0.6 is 0 Å². The van der Waals surface area contributed by atoms with Gasteiger partial charge in [-0.2, -0.15) is 0 Å². The van der Waals surface area contributed by atoms with Crippen LogP contribution in [-0.4, -0.2) is 19.1 Å². The number of hydrogen-bond acceptors (Lipinski definition) is 3. The van der Waals surface area contributed by atoms with Gasteiger partial charge in [-0.3, -0.25) is 4.79 Å². The molecule has 2 atom stereocenters. The highest BCUT2D eigenvalue weighted by molar-refractivity contribution is 5.95. The van der Waals surface area contributed by atoms with Gasteiger partial charge in [-0.1, -0.05) is 26.2 Å². The van der Waals surface area contributed by atoms with Crippen molar-refractivity contribution in [3.63, 3.8) is 0 Å². The van der Waals surface area contributed by atoms with Crippen molar-refractivity contribution in [3.05, 3.63) is 23.8 Å². The van der Waals surface area contributed by atoms with Crippen LogP contribution in [0.5, 0.6) is 5.75 Å². The predicted molar refractivity (Wildman–Crippen MR) is 85.5 cm³/mol. The molecule has 1 aliphatic carbocycles. The lowest BCUT2D eigenvalue weighted by atomic mass is 9.80. The highest BCUT2D eigenvalue weighted by Gasteiger charge is 2.21. The number of ether oxygens (including phenoxy) is 1. The molecular formula is C17H26N2O2. The minimum absolute atomic E-state index is 0.0685. The first kappa shape index (κ1) is 15.7. The van der Waals surface area contributed by atoms with Crippen molar-refractivity contribution < 1.29 is 9.53 Å². The van der Waals surface area contributed by atoms with E-state index in [0.29, 0.717) is 35.4 Å². The number of nitrogens with two attached hydrogens (primary N) is 1. The van der Waals surface area contributed by atoms with Crippen molar-refractivity contribution in [2.24, 2.45) is 11.8 Å². The summed E-state index contributed by atoms with van der Waals surface area (Å²) in [6.45, 7) is 5.50. The first-order valence-electron chi connectivity index (χ1n) is 7.91. The molecule has 4 heteroatoms. The minimum atomic E-state index is -0.0685. The molecule has 1 saturated carbocycles. The van der Waals surface area contributed by atoms with Gasteiger partial charge in [-0.05, 0) is 37.3 Å². The van der Waals surface area contributed by atoms with Crippen LogP contribution in [0.2, 0.25) is 0 Å². The lowest BCUT2D eigenvalue weighted by Gasteiger charge is -2.28. The molecule has 0 heterocycles. The molecule has 4 nitrogen and oxygen atoms in total. The van der Waals surface area contributed by atoms with Gasteiger partial charge >= 0.3 is 0 Å². The van der Waals surface area contributed by atoms with Gasteiger partial charge in [0.25, 0.3) is 5.91 Å². The highest BCUT2D eigenvalue weighted by atomic mass is 16.5. The van der Waals surface area contributed by atoms with E-state index >= 15 is 0 Å². The number of benzene rings is 1. The van der Waals surface area contributed by atoms with Crippen LogP contribution in [0.4, 0.5) is 5.69 Å². The molecule has 0 radical (unpaired) electrons. The van der Waals surface area contributed by atoms with E-state index in [0.717, 1.165) is 6.54 Å². The molecule has 3 N–H and O–H groups in total. The Hall–Kier alpha value is -1.71. The Morgan fingerprint density at radius 3 is 2.81 bits per heavy atom. The molecule has 116 valence electrons. The molecule has 21 heavy (non-hydrogen) atoms. The quantitative estimate of drug-likeness (QED) is 0.818. The van der Waals surface area contributed by atoms with Crippen LogP contribution in [-0.2, 0) is 0 Å². The van der Waals surface area contributed by atoms with E-state index in [9.17, 15) is 4.79 Å². The van der Waals surface area contributed by atoms with Gasteiger partial charge in [-0.25, -0.2) is 0 Å². The van der Waals surface area contributed by atoms with Crippen LogP contribution in [0.25, 0.3) is 0 Å². The fraction of sp³-hybridized carbons (Fsp3) is 0.588. The third kappa shape index (κ3) is 4.38. The normalized spacial score (nSPS) is 21.8. The summed E-state index contributed by atoms with van der Waals surface area (Å²) in [4.78, 5) is 12.3. The molecule has 0 aliphatic heterocycles. The summed E-state index contributed by atoms with van der Waals surface area (Å²) >= 11 is 0. The number of carbonyl (C=O) groups is 1. The van der Waals surface area contributed by atoms with E-state index in [1.54, 1.807) is 18.2 Å². The van der Waals surface area contributed by atoms with Crippen LogP contribution < -0.4 is 15.8 Å². The maximum absolute atomic E-state index is 12.3. The Morgan fingerprint density at radius 1 is 1.33 bits per heavy atom. The first-order valence-corrected chi connectivity index (χ1v) is 7.91. The molecule has 0 saturated heterocycles. The molecular weight excluding hydrogens is 264 g/mol. The van der Waals surface area contributed by atoms with Crippen LogP contribution in [0.15, 0.2) is 18.2 Å². The van der Waals surface area contributed by atoms with Crippen LogP contribution in [0, 0.1) is 11.8 Å². The number of rotatable bonds is 5. The monoisotopic (exact) mass is 290 g/mol. The molecule has 1 aromatic rings. The van der Waals surface area contributed by atoms with Crippen molar-refractivity contribution in [3.8, 4) is 5.75 Å². The third-order valence-corrected chi connectivity index (χ3v) is 4.32. The maximum atomic E-state index is 12.3. The zero-order chi connectivity index (χ0) is 15.2. The maximum Gasteiger partial charge on any atom is 0.251 e. The number of carbonyl (C=O) groups excluding carboxylic acids is 1. The van der Waals surface area contributed by atoms with Gasteiger partial charge in [-0.15, -0.1) is 0 Å². The lowest BCUT2D eigenvalue weighted by molar-refractivity contribution is 0.0936. The van der Waals surface area contributed by atoms with E-state index in [2.05, 4.69) is 12.2 Å². The number of anilines is 1. The van der Waals surface area contributed by atoms with Gasteiger partial charge < -0.3 is 15.8 Å². The third-order valence-electron chi connectivity index (χ3n) is 4.32. The second kappa shape index (κ2) is 7.34. The minimum Gasteiger partial charge on any atom is -0.494 e. The number of nitrogen functional groups attached to an aromatic ring is 1. The van der Waals surface area contributed by atoms with Crippen molar-refractivity contribution in [1.82, 2.24) is 5.32 Å². The predicted octanol–water partition coefficient (Wildman–Crippen LogP) is 3.22. The fourth-order valence-corrected chi connectivity index (χ4v) is 3.03. The largest absolute Gasteiger partial charge is 0.494 e. The van der Waals surface area contributed by atoms with E-state index in [-0.39, 0.29) is 5.91 Å². The molecule has 1 aromatic carbocycles. The zero-order valence-corrected chi connectivity index (χ0v) is 13.0. The molecule has 2 rings (SSSR count). The molecule has 1 amide bonds. The van der Waals surface area contributed by atoms with E-state index in [4.69, 9.17) is 10.5 Å². The Kier molecular flexibility index (Phi) is 5.48. The Bertz CT molecular complexity index is 488. The average molecular weight is 290 g/mol. The number of hydrogen-bond donors (Lipinski definition) is 2. The second-order valence-electron chi connectivity index (χ2n) is 5.96. The summed E-state index contributed by atoms with van der Waals surface area (Å²) in [5, 5.41) is 3.05. The van der Waals surface area contributed by atoms with Gasteiger partial charge in [0, 0.05) is 23.9 Å². The number of amides is 1. The summed E-state index contributed by atoms with van der Waals surface area (Å²) in [6, 6.07) is 5.19. The van der Waals surface area contributed by atoms with E-state index < -0.39 is 0 Å². The summed E-state index contributed by atoms with van der Waals surface area (Å²) in [6.07, 6.45) is 5.08. The molecule has 0 aromatic heterocycles. The molecule has 0 spiro atoms. The van der Waals surface area contributed by atoms with Crippen LogP contribution in [0.3, 0.4) is 0 Å². The van der Waals surface area contributed by atoms with Gasteiger partial charge in [0.05, 0.1) is 6.61 Å². The van der Waals surface area contributed by atoms with Crippen LogP contribution in [0.1, 0.15) is 49.9 Å². The topological polar surface area (TPSA) is 64.3 Å². The Labute approximate surface area is 127 Å². The highest BCUT2D eigenvalue weighted by Crippen LogP contribution is 2.29. The Morgan fingerprint density at radius 2 is 2.10 bits per heavy atom. The van der Waals surface area contributed by atoms with Crippen molar-refractivity contribution in [2.45, 2.75) is 39.5 Å². The molecule has 1 aliphatic rings. The smallest absolute Gasteiger partial charge is 0.251 e. The number of nitrogens with one attached hydrogen (secondary N) is 1. The van der Waals surface area contributed by atoms with Gasteiger partial charge in [0.15, 0.2) is 0 Å². The average Bonchev–Trinajstić information content (AvgIpc) is 2.46. The summed E-state index contributed by atoms with van der Waals surface area (Å²) < 4.78 is 5.43. The molecule has 1 fully saturated rings. The van der Waals surface area contributed by atoms with Crippen molar-refractivity contribution >= 4 is 11.6 Å². The summed E-state index contributed by atoms with van der Waals surface area (Å²) in [5.74, 6) is 1.86. The summed E-state index contributed by atoms with van der Waals surface area (Å²) in [7, 11) is 0. The van der Waals surface area contributed by atoms with E-state index in [1.807, 2.05) is 6.92 Å². The van der Waals surface area contributed by atoms with E-state index in [1.165, 1.54) is 25.7 Å². The van der Waals surface area contributed by atoms with Gasteiger partial charge in [0.2, 0.25) is 0 Å². The SMILES string of the molecule is CCOc1cc(N)cc(C(=O)NCC2CCCCC2C)c1. The summed E-state index contributed by atoms with van der Waals surface area (Å²) in [5.41, 5.74) is 6.95. The fourth-order valence-electron chi connectivity index (χ4n) is 3.03. The second-order valence-corrected chi connectivity index (χ2v) is 5.96. The van der Waals surface area contributed by atoms with Crippen molar-refractivity contribution in [2.75, 3.05) is 18.9 Å². The standard InChI is InChI=1S/C17H26N2O2/c1-3-21-16-9-14(8-15(18)10-16)17(20)19-11-13-7-5-4-6-12(13)2/h8-10,12-13H,3-7,11,18H2,1-2H3,(H,19,20). The first-order chi connectivity index (χ1) is 10.1.